The average Bonchev–Trinajstić information content (AvgIpc) is 2.51. The quantitative estimate of drug-likeness (QED) is 0.133. The summed E-state index contributed by atoms with van der Waals surface area (Å²) in [7, 11) is 0. The van der Waals surface area contributed by atoms with Gasteiger partial charge in [0.1, 0.15) is 37.1 Å². The first kappa shape index (κ1) is 21.1. The first-order chi connectivity index (χ1) is 10.2. The van der Waals surface area contributed by atoms with E-state index in [1.807, 2.05) is 0 Å². The summed E-state index contributed by atoms with van der Waals surface area (Å²) in [6.45, 7) is -2.55. The fraction of sp³-hybridized carbons (Fsp3) is 0.909. The van der Waals surface area contributed by atoms with Gasteiger partial charge in [0.2, 0.25) is 6.29 Å². The molecule has 0 aliphatic carbocycles. The van der Waals surface area contributed by atoms with Crippen molar-refractivity contribution in [2.24, 2.45) is 0 Å². The second kappa shape index (κ2) is 10.8. The highest BCUT2D eigenvalue weighted by Gasteiger charge is 2.35. The number of ether oxygens (including phenoxy) is 2. The Morgan fingerprint density at radius 1 is 0.864 bits per heavy atom. The van der Waals surface area contributed by atoms with Crippen molar-refractivity contribution in [3.8, 4) is 0 Å². The molecular formula is C11H22O11. The molecule has 0 aromatic rings. The van der Waals surface area contributed by atoms with Gasteiger partial charge in [0.25, 0.3) is 0 Å². The molecule has 2 unspecified atom stereocenters. The van der Waals surface area contributed by atoms with Gasteiger partial charge in [0, 0.05) is 0 Å². The molecule has 11 heteroatoms. The second-order valence-electron chi connectivity index (χ2n) is 4.45. The lowest BCUT2D eigenvalue weighted by molar-refractivity contribution is -0.216. The maximum Gasteiger partial charge on any atom is 0.334 e. The summed E-state index contributed by atoms with van der Waals surface area (Å²) < 4.78 is 8.92. The Morgan fingerprint density at radius 2 is 1.45 bits per heavy atom. The lowest BCUT2D eigenvalue weighted by atomic mass is 10.0. The van der Waals surface area contributed by atoms with Crippen LogP contribution < -0.4 is 0 Å². The Kier molecular flexibility index (Phi) is 10.3. The van der Waals surface area contributed by atoms with Gasteiger partial charge >= 0.3 is 5.97 Å². The summed E-state index contributed by atoms with van der Waals surface area (Å²) in [4.78, 5) is 11.2. The van der Waals surface area contributed by atoms with Crippen molar-refractivity contribution in [3.63, 3.8) is 0 Å². The summed E-state index contributed by atoms with van der Waals surface area (Å²) in [5, 5.41) is 72.6. The zero-order valence-electron chi connectivity index (χ0n) is 11.6. The van der Waals surface area contributed by atoms with Crippen LogP contribution in [0.3, 0.4) is 0 Å². The van der Waals surface area contributed by atoms with Crippen molar-refractivity contribution in [1.29, 1.82) is 0 Å². The molecule has 8 N–H and O–H groups in total. The highest BCUT2D eigenvalue weighted by atomic mass is 16.7. The fourth-order valence-electron chi connectivity index (χ4n) is 1.28. The maximum atomic E-state index is 11.2. The van der Waals surface area contributed by atoms with E-state index in [0.717, 1.165) is 0 Å². The van der Waals surface area contributed by atoms with Crippen LogP contribution in [0.5, 0.6) is 0 Å². The third kappa shape index (κ3) is 7.40. The molecule has 0 aromatic carbocycles. The summed E-state index contributed by atoms with van der Waals surface area (Å²) in [5.74, 6) is -1.15. The highest BCUT2D eigenvalue weighted by Crippen LogP contribution is 2.09. The van der Waals surface area contributed by atoms with Gasteiger partial charge in [-0.2, -0.15) is 0 Å². The Morgan fingerprint density at radius 3 is 1.95 bits per heavy atom. The Balaban J connectivity index is 4.22. The molecule has 0 amide bonds. The van der Waals surface area contributed by atoms with E-state index in [-0.39, 0.29) is 6.61 Å². The van der Waals surface area contributed by atoms with E-state index < -0.39 is 62.6 Å². The highest BCUT2D eigenvalue weighted by molar-refractivity contribution is 5.70. The molecule has 0 aromatic heterocycles. The number of hydrogen-bond acceptors (Lipinski definition) is 11. The molecule has 11 nitrogen and oxygen atoms in total. The van der Waals surface area contributed by atoms with E-state index in [2.05, 4.69) is 9.47 Å². The van der Waals surface area contributed by atoms with Gasteiger partial charge in [0.05, 0.1) is 19.8 Å². The zero-order valence-corrected chi connectivity index (χ0v) is 11.6. The minimum absolute atomic E-state index is 0.367. The lowest BCUT2D eigenvalue weighted by Crippen LogP contribution is -2.51. The minimum Gasteiger partial charge on any atom is -0.431 e. The standard InChI is InChI=1S/C11H22O11/c12-1-5(14)3-21-4-7(16)22-11(20)10(19)9(18)8(17)6(15)2-13/h5-6,8-15,17-20H,1-4H2/t5?,6-,8-,9+,10-,11?/m1/s1. The predicted octanol–water partition coefficient (Wildman–Crippen LogP) is -5.35. The first-order valence-corrected chi connectivity index (χ1v) is 6.31. The van der Waals surface area contributed by atoms with Crippen LogP contribution in [0.4, 0.5) is 0 Å². The third-order valence-corrected chi connectivity index (χ3v) is 2.57. The van der Waals surface area contributed by atoms with E-state index in [1.54, 1.807) is 0 Å². The maximum absolute atomic E-state index is 11.2. The smallest absolute Gasteiger partial charge is 0.334 e. The van der Waals surface area contributed by atoms with Crippen LogP contribution in [-0.4, -0.2) is 110 Å². The van der Waals surface area contributed by atoms with Crippen molar-refractivity contribution in [1.82, 2.24) is 0 Å². The first-order valence-electron chi connectivity index (χ1n) is 6.31. The largest absolute Gasteiger partial charge is 0.431 e. The normalized spacial score (nSPS) is 19.8. The molecule has 22 heavy (non-hydrogen) atoms. The monoisotopic (exact) mass is 330 g/mol. The van der Waals surface area contributed by atoms with Gasteiger partial charge in [-0.25, -0.2) is 4.79 Å². The summed E-state index contributed by atoms with van der Waals surface area (Å²) in [6.07, 6.45) is -11.4. The number of carbonyl (C=O) groups is 1. The molecule has 0 bridgehead atoms. The van der Waals surface area contributed by atoms with Crippen molar-refractivity contribution in [2.45, 2.75) is 36.8 Å². The predicted molar refractivity (Wildman–Crippen MR) is 67.1 cm³/mol. The molecule has 0 aliphatic rings. The van der Waals surface area contributed by atoms with Crippen molar-refractivity contribution >= 4 is 5.97 Å². The van der Waals surface area contributed by atoms with E-state index in [9.17, 15) is 25.2 Å². The summed E-state index contributed by atoms with van der Waals surface area (Å²) >= 11 is 0. The van der Waals surface area contributed by atoms with Crippen LogP contribution in [0.2, 0.25) is 0 Å². The van der Waals surface area contributed by atoms with Gasteiger partial charge in [-0.05, 0) is 0 Å². The van der Waals surface area contributed by atoms with Gasteiger partial charge in [0.15, 0.2) is 0 Å². The topological polar surface area (TPSA) is 197 Å². The zero-order chi connectivity index (χ0) is 17.3. The van der Waals surface area contributed by atoms with Gasteiger partial charge < -0.3 is 50.3 Å². The molecule has 0 rings (SSSR count). The number of aliphatic hydroxyl groups is 8. The van der Waals surface area contributed by atoms with Gasteiger partial charge in [-0.15, -0.1) is 0 Å². The number of hydrogen-bond donors (Lipinski definition) is 8. The van der Waals surface area contributed by atoms with Crippen molar-refractivity contribution in [3.05, 3.63) is 0 Å². The molecule has 6 atom stereocenters. The van der Waals surface area contributed by atoms with Gasteiger partial charge in [-0.1, -0.05) is 0 Å². The SMILES string of the molecule is O=C(COCC(O)CO)OC(O)[C@H](O)[C@@H](O)[C@H](O)[C@H](O)CO. The molecule has 0 fully saturated rings. The molecular weight excluding hydrogens is 308 g/mol. The molecule has 0 saturated heterocycles. The van der Waals surface area contributed by atoms with Gasteiger partial charge in [-0.3, -0.25) is 0 Å². The van der Waals surface area contributed by atoms with Crippen LogP contribution in [0.1, 0.15) is 0 Å². The number of carbonyl (C=O) groups excluding carboxylic acids is 1. The third-order valence-electron chi connectivity index (χ3n) is 2.57. The molecule has 0 aliphatic heterocycles. The van der Waals surface area contributed by atoms with Crippen LogP contribution in [0.15, 0.2) is 0 Å². The van der Waals surface area contributed by atoms with E-state index in [4.69, 9.17) is 20.4 Å². The van der Waals surface area contributed by atoms with E-state index >= 15 is 0 Å². The summed E-state index contributed by atoms with van der Waals surface area (Å²) in [6, 6.07) is 0. The molecule has 0 heterocycles. The van der Waals surface area contributed by atoms with Crippen molar-refractivity contribution in [2.75, 3.05) is 26.4 Å². The van der Waals surface area contributed by atoms with Crippen LogP contribution >= 0.6 is 0 Å². The minimum atomic E-state index is -2.23. The van der Waals surface area contributed by atoms with E-state index in [1.165, 1.54) is 0 Å². The van der Waals surface area contributed by atoms with Crippen LogP contribution in [0, 0.1) is 0 Å². The average molecular weight is 330 g/mol. The van der Waals surface area contributed by atoms with Crippen LogP contribution in [-0.2, 0) is 14.3 Å². The molecule has 0 saturated carbocycles. The Hall–Kier alpha value is -0.890. The number of rotatable bonds is 11. The number of esters is 1. The van der Waals surface area contributed by atoms with Crippen LogP contribution in [0.25, 0.3) is 0 Å². The van der Waals surface area contributed by atoms with Crippen molar-refractivity contribution < 1.29 is 55.1 Å². The summed E-state index contributed by atoms with van der Waals surface area (Å²) in [5.41, 5.74) is 0. The molecule has 0 radical (unpaired) electrons. The molecule has 132 valence electrons. The molecule has 0 spiro atoms. The Bertz CT molecular complexity index is 312. The number of aliphatic hydroxyl groups excluding tert-OH is 8. The van der Waals surface area contributed by atoms with E-state index in [0.29, 0.717) is 0 Å². The lowest BCUT2D eigenvalue weighted by Gasteiger charge is -2.28. The fourth-order valence-corrected chi connectivity index (χ4v) is 1.28. The Labute approximate surface area is 125 Å². The second-order valence-corrected chi connectivity index (χ2v) is 4.45.